The molecule has 272 valence electrons. The molecule has 3 aliphatic carbocycles. The van der Waals surface area contributed by atoms with Gasteiger partial charge in [0.2, 0.25) is 16.0 Å². The number of sulfonamides is 1. The Labute approximate surface area is 294 Å². The number of carbonyl (C=O) groups is 2. The van der Waals surface area contributed by atoms with Crippen molar-refractivity contribution in [2.24, 2.45) is 5.41 Å². The van der Waals surface area contributed by atoms with Crippen molar-refractivity contribution in [1.29, 1.82) is 0 Å². The average Bonchev–Trinajstić information content (AvgIpc) is 4.01. The molecule has 15 heteroatoms. The highest BCUT2D eigenvalue weighted by Gasteiger charge is 2.46. The Kier molecular flexibility index (Phi) is 9.54. The van der Waals surface area contributed by atoms with Crippen LogP contribution in [0.4, 0.5) is 19.1 Å². The number of alkyl halides is 3. The second kappa shape index (κ2) is 13.8. The van der Waals surface area contributed by atoms with Gasteiger partial charge in [-0.25, -0.2) is 13.1 Å². The number of aromatic nitrogens is 3. The van der Waals surface area contributed by atoms with E-state index < -0.39 is 45.5 Å². The molecule has 1 saturated heterocycles. The highest BCUT2D eigenvalue weighted by Crippen LogP contribution is 2.51. The van der Waals surface area contributed by atoms with Crippen molar-refractivity contribution in [3.63, 3.8) is 0 Å². The molecule has 3 saturated carbocycles. The summed E-state index contributed by atoms with van der Waals surface area (Å²) < 4.78 is 70.5. The lowest BCUT2D eigenvalue weighted by atomic mass is 9.95. The molecule has 1 amide bonds. The molecule has 3 aromatic rings. The Morgan fingerprint density at radius 2 is 1.57 bits per heavy atom. The summed E-state index contributed by atoms with van der Waals surface area (Å²) in [4.78, 5) is 40.9. The summed E-state index contributed by atoms with van der Waals surface area (Å²) in [5.41, 5.74) is 1.96. The summed E-state index contributed by atoms with van der Waals surface area (Å²) in [6.07, 6.45) is 4.17. The number of likely N-dealkylation sites (tertiary alicyclic amines) is 1. The van der Waals surface area contributed by atoms with Gasteiger partial charge in [-0.3, -0.25) is 9.59 Å². The minimum Gasteiger partial charge on any atom is -0.454 e. The molecule has 0 unspecified atom stereocenters. The Bertz CT molecular complexity index is 1870. The zero-order chi connectivity index (χ0) is 35.9. The topological polar surface area (TPSA) is 143 Å². The van der Waals surface area contributed by atoms with E-state index in [-0.39, 0.29) is 35.0 Å². The van der Waals surface area contributed by atoms with E-state index in [0.29, 0.717) is 37.7 Å². The number of rotatable bonds is 16. The minimum absolute atomic E-state index is 0.0294. The van der Waals surface area contributed by atoms with Gasteiger partial charge in [0.25, 0.3) is 5.91 Å². The van der Waals surface area contributed by atoms with Crippen molar-refractivity contribution in [3.05, 3.63) is 76.6 Å². The number of anilines is 1. The number of carbonyl (C=O) groups excluding carboxylic acids is 2. The molecular weight excluding hydrogens is 685 g/mol. The number of amides is 1. The van der Waals surface area contributed by atoms with Gasteiger partial charge in [0.15, 0.2) is 12.4 Å². The second-order valence-electron chi connectivity index (χ2n) is 14.5. The number of Topliss-reactive ketones (excluding diaryl/α,β-unsaturated/α-hetero) is 1. The van der Waals surface area contributed by atoms with E-state index in [4.69, 9.17) is 4.74 Å². The summed E-state index contributed by atoms with van der Waals surface area (Å²) >= 11 is 0. The minimum atomic E-state index is -4.60. The van der Waals surface area contributed by atoms with Crippen LogP contribution in [0.2, 0.25) is 0 Å². The summed E-state index contributed by atoms with van der Waals surface area (Å²) in [5.74, 6) is -0.407. The monoisotopic (exact) mass is 726 g/mol. The number of ether oxygens (including phenoxy) is 1. The first-order valence-electron chi connectivity index (χ1n) is 17.5. The Morgan fingerprint density at radius 1 is 0.902 bits per heavy atom. The Morgan fingerprint density at radius 3 is 2.18 bits per heavy atom. The molecule has 0 spiro atoms. The predicted octanol–water partition coefficient (Wildman–Crippen LogP) is 5.57. The van der Waals surface area contributed by atoms with Crippen LogP contribution >= 0.6 is 0 Å². The summed E-state index contributed by atoms with van der Waals surface area (Å²) in [6.45, 7) is 1.81. The maximum absolute atomic E-state index is 13.1. The quantitative estimate of drug-likeness (QED) is 0.180. The maximum Gasteiger partial charge on any atom is 0.422 e. The molecule has 2 heterocycles. The molecule has 0 atom stereocenters. The lowest BCUT2D eigenvalue weighted by Crippen LogP contribution is -2.33. The number of nitrogens with one attached hydrogen (secondary N) is 2. The number of halogens is 3. The fourth-order valence-electron chi connectivity index (χ4n) is 6.75. The Hall–Kier alpha value is -4.11. The van der Waals surface area contributed by atoms with Crippen LogP contribution in [0.3, 0.4) is 0 Å². The number of benzene rings is 2. The molecule has 2 N–H and O–H groups in total. The zero-order valence-electron chi connectivity index (χ0n) is 28.2. The van der Waals surface area contributed by atoms with Crippen molar-refractivity contribution < 1.29 is 35.9 Å². The van der Waals surface area contributed by atoms with Crippen LogP contribution in [0.25, 0.3) is 0 Å². The fourth-order valence-corrected chi connectivity index (χ4v) is 8.05. The molecule has 2 aromatic carbocycles. The molecule has 0 radical (unpaired) electrons. The molecule has 1 aliphatic heterocycles. The normalized spacial score (nSPS) is 19.4. The molecule has 4 aliphatic rings. The predicted molar refractivity (Wildman–Crippen MR) is 182 cm³/mol. The van der Waals surface area contributed by atoms with E-state index in [1.54, 1.807) is 36.4 Å². The third-order valence-electron chi connectivity index (χ3n) is 10.3. The van der Waals surface area contributed by atoms with E-state index in [1.807, 2.05) is 0 Å². The van der Waals surface area contributed by atoms with Crippen LogP contribution in [-0.4, -0.2) is 77.6 Å². The van der Waals surface area contributed by atoms with Crippen molar-refractivity contribution in [1.82, 2.24) is 24.6 Å². The van der Waals surface area contributed by atoms with E-state index in [9.17, 15) is 31.2 Å². The number of ketones is 1. The van der Waals surface area contributed by atoms with Crippen LogP contribution in [0.5, 0.6) is 6.01 Å². The lowest BCUT2D eigenvalue weighted by molar-refractivity contribution is -0.154. The summed E-state index contributed by atoms with van der Waals surface area (Å²) in [6, 6.07) is 13.1. The average molecular weight is 727 g/mol. The van der Waals surface area contributed by atoms with Crippen molar-refractivity contribution in [3.8, 4) is 6.01 Å². The van der Waals surface area contributed by atoms with Gasteiger partial charge in [-0.05, 0) is 99.6 Å². The standard InChI is InChI=1S/C36H41F3N6O5S/c37-36(38,39)23-50-33-41-30(21-24-3-5-25(6-4-24)29(46)13-14-34(15-16-34)22-45-19-1-2-20-45)40-32(42-33)43-35(17-18-35)27-9-7-26(8-10-27)31(47)44-51(48,49)28-11-12-28/h3-10,28H,1-2,11-23H2,(H,44,47)(H,40,41,42,43). The molecular formula is C36H41F3N6O5S. The van der Waals surface area contributed by atoms with Gasteiger partial charge in [0, 0.05) is 30.5 Å². The van der Waals surface area contributed by atoms with Crippen LogP contribution < -0.4 is 14.8 Å². The van der Waals surface area contributed by atoms with E-state index in [2.05, 4.69) is 29.9 Å². The first-order valence-corrected chi connectivity index (χ1v) is 19.1. The second-order valence-corrected chi connectivity index (χ2v) is 16.5. The van der Waals surface area contributed by atoms with Crippen LogP contribution in [0.15, 0.2) is 48.5 Å². The highest BCUT2D eigenvalue weighted by molar-refractivity contribution is 7.91. The van der Waals surface area contributed by atoms with Gasteiger partial charge < -0.3 is 15.0 Å². The van der Waals surface area contributed by atoms with Crippen LogP contribution in [0.1, 0.15) is 102 Å². The molecule has 0 bridgehead atoms. The van der Waals surface area contributed by atoms with Gasteiger partial charge in [0.05, 0.1) is 10.8 Å². The molecule has 4 fully saturated rings. The van der Waals surface area contributed by atoms with Gasteiger partial charge in [-0.15, -0.1) is 0 Å². The third-order valence-corrected chi connectivity index (χ3v) is 12.1. The fraction of sp³-hybridized carbons (Fsp3) is 0.528. The summed E-state index contributed by atoms with van der Waals surface area (Å²) in [7, 11) is -3.69. The molecule has 1 aromatic heterocycles. The first-order chi connectivity index (χ1) is 24.3. The van der Waals surface area contributed by atoms with Crippen molar-refractivity contribution in [2.75, 3.05) is 31.6 Å². The molecule has 51 heavy (non-hydrogen) atoms. The van der Waals surface area contributed by atoms with Gasteiger partial charge >= 0.3 is 12.2 Å². The molecule has 11 nitrogen and oxygen atoms in total. The van der Waals surface area contributed by atoms with Gasteiger partial charge in [0.1, 0.15) is 5.82 Å². The third kappa shape index (κ3) is 9.04. The first kappa shape index (κ1) is 35.3. The summed E-state index contributed by atoms with van der Waals surface area (Å²) in [5, 5.41) is 2.70. The smallest absolute Gasteiger partial charge is 0.422 e. The SMILES string of the molecule is O=C(CCC1(CN2CCCC2)CC1)c1ccc(Cc2nc(NC3(c4ccc(C(=O)NS(=O)(=O)C5CC5)cc4)CC3)nc(OCC(F)(F)F)n2)cc1. The van der Waals surface area contributed by atoms with Crippen LogP contribution in [-0.2, 0) is 22.0 Å². The van der Waals surface area contributed by atoms with Gasteiger partial charge in [-0.2, -0.15) is 28.1 Å². The zero-order valence-corrected chi connectivity index (χ0v) is 29.0. The van der Waals surface area contributed by atoms with Crippen LogP contribution in [0, 0.1) is 5.41 Å². The van der Waals surface area contributed by atoms with Gasteiger partial charge in [-0.1, -0.05) is 36.4 Å². The number of hydrogen-bond donors (Lipinski definition) is 2. The van der Waals surface area contributed by atoms with E-state index in [0.717, 1.165) is 37.2 Å². The van der Waals surface area contributed by atoms with E-state index in [1.165, 1.54) is 37.8 Å². The van der Waals surface area contributed by atoms with Crippen molar-refractivity contribution >= 4 is 27.7 Å². The van der Waals surface area contributed by atoms with Crippen molar-refractivity contribution in [2.45, 2.75) is 87.6 Å². The largest absolute Gasteiger partial charge is 0.454 e. The van der Waals surface area contributed by atoms with E-state index >= 15 is 0 Å². The Balaban J connectivity index is 1.01. The number of nitrogens with zero attached hydrogens (tertiary/aromatic N) is 4. The number of hydrogen-bond acceptors (Lipinski definition) is 10. The maximum atomic E-state index is 13.1. The molecule has 7 rings (SSSR count). The highest BCUT2D eigenvalue weighted by atomic mass is 32.2. The lowest BCUT2D eigenvalue weighted by Gasteiger charge is -2.22.